The number of amides is 2. The highest BCUT2D eigenvalue weighted by Crippen LogP contribution is 2.34. The van der Waals surface area contributed by atoms with E-state index in [1.54, 1.807) is 16.7 Å². The summed E-state index contributed by atoms with van der Waals surface area (Å²) >= 11 is 1.77. The van der Waals surface area contributed by atoms with E-state index in [1.165, 1.54) is 5.56 Å². The lowest BCUT2D eigenvalue weighted by Gasteiger charge is -2.29. The Bertz CT molecular complexity index is 804. The topological polar surface area (TPSA) is 49.4 Å². The lowest BCUT2D eigenvalue weighted by molar-refractivity contribution is -0.122. The van der Waals surface area contributed by atoms with E-state index in [1.807, 2.05) is 56.3 Å². The molecule has 0 spiro atoms. The maximum absolute atomic E-state index is 12.6. The summed E-state index contributed by atoms with van der Waals surface area (Å²) in [5.74, 6) is 0.761. The number of rotatable bonds is 4. The average Bonchev–Trinajstić information content (AvgIpc) is 2.62. The zero-order chi connectivity index (χ0) is 17.8. The minimum absolute atomic E-state index is 0.00277. The van der Waals surface area contributed by atoms with Crippen LogP contribution in [0.25, 0.3) is 0 Å². The summed E-state index contributed by atoms with van der Waals surface area (Å²) < 4.78 is 0. The number of aryl methyl sites for hydroxylation is 2. The third-order valence-corrected chi connectivity index (χ3v) is 5.43. The van der Waals surface area contributed by atoms with E-state index < -0.39 is 0 Å². The van der Waals surface area contributed by atoms with Crippen LogP contribution in [-0.4, -0.2) is 24.1 Å². The van der Waals surface area contributed by atoms with Crippen LogP contribution in [0.1, 0.15) is 24.0 Å². The minimum Gasteiger partial charge on any atom is -0.326 e. The molecule has 1 heterocycles. The summed E-state index contributed by atoms with van der Waals surface area (Å²) in [5, 5.41) is 2.87. The molecular weight excluding hydrogens is 332 g/mol. The van der Waals surface area contributed by atoms with E-state index in [9.17, 15) is 9.59 Å². The molecule has 1 aliphatic rings. The molecule has 3 rings (SSSR count). The van der Waals surface area contributed by atoms with Gasteiger partial charge in [0.15, 0.2) is 0 Å². The van der Waals surface area contributed by atoms with Gasteiger partial charge in [-0.15, -0.1) is 11.8 Å². The van der Waals surface area contributed by atoms with Gasteiger partial charge in [-0.05, 0) is 49.2 Å². The Morgan fingerprint density at radius 1 is 1.08 bits per heavy atom. The highest BCUT2D eigenvalue weighted by Gasteiger charge is 2.22. The van der Waals surface area contributed by atoms with E-state index in [0.717, 1.165) is 27.6 Å². The van der Waals surface area contributed by atoms with E-state index in [2.05, 4.69) is 5.32 Å². The van der Waals surface area contributed by atoms with Crippen molar-refractivity contribution in [3.05, 3.63) is 53.6 Å². The predicted octanol–water partition coefficient (Wildman–Crippen LogP) is 4.16. The van der Waals surface area contributed by atoms with Crippen LogP contribution >= 0.6 is 11.8 Å². The molecule has 0 unspecified atom stereocenters. The third-order valence-electron chi connectivity index (χ3n) is 4.39. The van der Waals surface area contributed by atoms with Gasteiger partial charge in [0.1, 0.15) is 0 Å². The van der Waals surface area contributed by atoms with Gasteiger partial charge in [-0.1, -0.05) is 18.2 Å². The second-order valence-electron chi connectivity index (χ2n) is 6.21. The smallest absolute Gasteiger partial charge is 0.227 e. The first-order chi connectivity index (χ1) is 12.0. The first-order valence-electron chi connectivity index (χ1n) is 8.44. The zero-order valence-electron chi connectivity index (χ0n) is 14.5. The Kier molecular flexibility index (Phi) is 5.43. The summed E-state index contributed by atoms with van der Waals surface area (Å²) in [4.78, 5) is 27.6. The first-order valence-corrected chi connectivity index (χ1v) is 9.42. The number of fused-ring (bicyclic) bond motifs is 1. The van der Waals surface area contributed by atoms with Crippen molar-refractivity contribution < 1.29 is 9.59 Å². The van der Waals surface area contributed by atoms with Gasteiger partial charge >= 0.3 is 0 Å². The van der Waals surface area contributed by atoms with Gasteiger partial charge in [-0.25, -0.2) is 0 Å². The second kappa shape index (κ2) is 7.74. The lowest BCUT2D eigenvalue weighted by atomic mass is 10.1. The fourth-order valence-corrected chi connectivity index (χ4v) is 3.82. The van der Waals surface area contributed by atoms with Gasteiger partial charge < -0.3 is 10.2 Å². The van der Waals surface area contributed by atoms with Crippen molar-refractivity contribution in [3.8, 4) is 0 Å². The molecule has 4 nitrogen and oxygen atoms in total. The SMILES string of the molecule is Cc1ccc(NC(=O)CCC(=O)N2CCSc3ccccc32)cc1C. The zero-order valence-corrected chi connectivity index (χ0v) is 15.4. The molecule has 0 atom stereocenters. The van der Waals surface area contributed by atoms with Gasteiger partial charge in [0.2, 0.25) is 11.8 Å². The highest BCUT2D eigenvalue weighted by atomic mass is 32.2. The average molecular weight is 354 g/mol. The number of anilines is 2. The minimum atomic E-state index is -0.128. The molecule has 1 N–H and O–H groups in total. The Labute approximate surface area is 152 Å². The number of carbonyl (C=O) groups excluding carboxylic acids is 2. The molecule has 130 valence electrons. The Morgan fingerprint density at radius 2 is 1.88 bits per heavy atom. The van der Waals surface area contributed by atoms with Gasteiger partial charge in [-0.2, -0.15) is 0 Å². The number of carbonyl (C=O) groups is 2. The van der Waals surface area contributed by atoms with Gasteiger partial charge in [0.05, 0.1) is 5.69 Å². The number of benzene rings is 2. The number of nitrogens with one attached hydrogen (secondary N) is 1. The molecule has 0 radical (unpaired) electrons. The Balaban J connectivity index is 1.57. The molecule has 0 saturated carbocycles. The van der Waals surface area contributed by atoms with Crippen LogP contribution in [-0.2, 0) is 9.59 Å². The summed E-state index contributed by atoms with van der Waals surface area (Å²) in [6.07, 6.45) is 0.410. The maximum Gasteiger partial charge on any atom is 0.227 e. The van der Waals surface area contributed by atoms with Gasteiger partial charge in [-0.3, -0.25) is 9.59 Å². The number of hydrogen-bond donors (Lipinski definition) is 1. The van der Waals surface area contributed by atoms with Crippen molar-refractivity contribution in [2.24, 2.45) is 0 Å². The quantitative estimate of drug-likeness (QED) is 0.897. The third kappa shape index (κ3) is 4.23. The molecule has 2 aromatic carbocycles. The fourth-order valence-electron chi connectivity index (χ4n) is 2.83. The Morgan fingerprint density at radius 3 is 2.68 bits per heavy atom. The fraction of sp³-hybridized carbons (Fsp3) is 0.300. The van der Waals surface area contributed by atoms with E-state index in [4.69, 9.17) is 0 Å². The van der Waals surface area contributed by atoms with E-state index in [0.29, 0.717) is 6.54 Å². The summed E-state index contributed by atoms with van der Waals surface area (Å²) in [5.41, 5.74) is 4.06. The van der Waals surface area contributed by atoms with Crippen LogP contribution in [0, 0.1) is 13.8 Å². The first kappa shape index (κ1) is 17.5. The van der Waals surface area contributed by atoms with Gasteiger partial charge in [0, 0.05) is 35.7 Å². The summed E-state index contributed by atoms with van der Waals surface area (Å²) in [6.45, 7) is 4.74. The van der Waals surface area contributed by atoms with E-state index in [-0.39, 0.29) is 24.7 Å². The van der Waals surface area contributed by atoms with Crippen LogP contribution in [0.3, 0.4) is 0 Å². The number of nitrogens with zero attached hydrogens (tertiary/aromatic N) is 1. The van der Waals surface area contributed by atoms with Crippen LogP contribution in [0.4, 0.5) is 11.4 Å². The monoisotopic (exact) mass is 354 g/mol. The molecule has 0 saturated heterocycles. The van der Waals surface area contributed by atoms with Crippen molar-refractivity contribution >= 4 is 35.0 Å². The van der Waals surface area contributed by atoms with Crippen molar-refractivity contribution in [1.82, 2.24) is 0 Å². The van der Waals surface area contributed by atoms with Crippen molar-refractivity contribution in [2.75, 3.05) is 22.5 Å². The number of hydrogen-bond acceptors (Lipinski definition) is 3. The lowest BCUT2D eigenvalue weighted by Crippen LogP contribution is -2.35. The van der Waals surface area contributed by atoms with Crippen LogP contribution < -0.4 is 10.2 Å². The van der Waals surface area contributed by atoms with Crippen LogP contribution in [0.15, 0.2) is 47.4 Å². The molecule has 1 aliphatic heterocycles. The Hall–Kier alpha value is -2.27. The van der Waals surface area contributed by atoms with Crippen molar-refractivity contribution in [2.45, 2.75) is 31.6 Å². The predicted molar refractivity (Wildman–Crippen MR) is 103 cm³/mol. The summed E-state index contributed by atoms with van der Waals surface area (Å²) in [6, 6.07) is 13.8. The second-order valence-corrected chi connectivity index (χ2v) is 7.35. The number of para-hydroxylation sites is 1. The molecular formula is C20H22N2O2S. The molecule has 2 aromatic rings. The molecule has 0 aromatic heterocycles. The largest absolute Gasteiger partial charge is 0.326 e. The van der Waals surface area contributed by atoms with Gasteiger partial charge in [0.25, 0.3) is 0 Å². The molecule has 0 aliphatic carbocycles. The van der Waals surface area contributed by atoms with Crippen molar-refractivity contribution in [1.29, 1.82) is 0 Å². The molecule has 0 bridgehead atoms. The van der Waals surface area contributed by atoms with Crippen molar-refractivity contribution in [3.63, 3.8) is 0 Å². The molecule has 2 amide bonds. The molecule has 25 heavy (non-hydrogen) atoms. The normalized spacial score (nSPS) is 13.3. The van der Waals surface area contributed by atoms with E-state index >= 15 is 0 Å². The van der Waals surface area contributed by atoms with Crippen LogP contribution in [0.5, 0.6) is 0 Å². The highest BCUT2D eigenvalue weighted by molar-refractivity contribution is 7.99. The van der Waals surface area contributed by atoms with Crippen LogP contribution in [0.2, 0.25) is 0 Å². The molecule has 0 fully saturated rings. The number of thioether (sulfide) groups is 1. The summed E-state index contributed by atoms with van der Waals surface area (Å²) in [7, 11) is 0. The molecule has 5 heteroatoms. The standard InChI is InChI=1S/C20H22N2O2S/c1-14-7-8-16(13-15(14)2)21-19(23)9-10-20(24)22-11-12-25-18-6-4-3-5-17(18)22/h3-8,13H,9-12H2,1-2H3,(H,21,23). The maximum atomic E-state index is 12.6.